The second-order valence-corrected chi connectivity index (χ2v) is 7.57. The lowest BCUT2D eigenvalue weighted by molar-refractivity contribution is 0.239. The summed E-state index contributed by atoms with van der Waals surface area (Å²) >= 11 is 0. The molecule has 0 atom stereocenters. The van der Waals surface area contributed by atoms with Crippen molar-refractivity contribution in [2.75, 3.05) is 58.9 Å². The highest BCUT2D eigenvalue weighted by atomic mass is 16.5. The molecule has 2 aromatic rings. The van der Waals surface area contributed by atoms with E-state index in [1.54, 1.807) is 14.2 Å². The number of anilines is 1. The number of rotatable bonds is 5. The van der Waals surface area contributed by atoms with Crippen molar-refractivity contribution in [2.24, 2.45) is 0 Å². The third kappa shape index (κ3) is 4.05. The molecule has 150 valence electrons. The van der Waals surface area contributed by atoms with Crippen LogP contribution in [0.3, 0.4) is 0 Å². The first kappa shape index (κ1) is 19.0. The van der Waals surface area contributed by atoms with E-state index in [1.165, 1.54) is 16.8 Å². The van der Waals surface area contributed by atoms with E-state index in [9.17, 15) is 0 Å². The lowest BCUT2D eigenvalue weighted by Gasteiger charge is -2.33. The Hall–Kier alpha value is -2.38. The van der Waals surface area contributed by atoms with Crippen LogP contribution < -0.4 is 14.4 Å². The van der Waals surface area contributed by atoms with Crippen LogP contribution >= 0.6 is 0 Å². The molecule has 0 radical (unpaired) electrons. The van der Waals surface area contributed by atoms with Crippen molar-refractivity contribution < 1.29 is 9.47 Å². The van der Waals surface area contributed by atoms with Crippen LogP contribution in [0, 0.1) is 0 Å². The smallest absolute Gasteiger partial charge is 0.225 e. The molecule has 28 heavy (non-hydrogen) atoms. The Balaban J connectivity index is 1.44. The SMILES string of the molecule is COc1ccc(CN2CCc3nc(N4CCN(C)CC4)ncc3C2)c(OC)c1. The topological polar surface area (TPSA) is 54.0 Å². The maximum atomic E-state index is 5.55. The van der Waals surface area contributed by atoms with Crippen molar-refractivity contribution in [3.05, 3.63) is 41.2 Å². The van der Waals surface area contributed by atoms with Crippen molar-refractivity contribution in [2.45, 2.75) is 19.5 Å². The third-order valence-corrected chi connectivity index (χ3v) is 5.67. The molecule has 0 amide bonds. The quantitative estimate of drug-likeness (QED) is 0.780. The van der Waals surface area contributed by atoms with Crippen LogP contribution in [0.25, 0.3) is 0 Å². The number of hydrogen-bond donors (Lipinski definition) is 0. The minimum atomic E-state index is 0.814. The summed E-state index contributed by atoms with van der Waals surface area (Å²) in [5.74, 6) is 2.57. The fraction of sp³-hybridized carbons (Fsp3) is 0.524. The number of hydrogen-bond acceptors (Lipinski definition) is 7. The van der Waals surface area contributed by atoms with Gasteiger partial charge in [0.15, 0.2) is 0 Å². The van der Waals surface area contributed by atoms with Crippen LogP contribution in [0.15, 0.2) is 24.4 Å². The molecule has 1 fully saturated rings. The van der Waals surface area contributed by atoms with E-state index >= 15 is 0 Å². The van der Waals surface area contributed by atoms with Gasteiger partial charge in [0, 0.05) is 75.6 Å². The summed E-state index contributed by atoms with van der Waals surface area (Å²) in [6, 6.07) is 6.01. The molecule has 7 nitrogen and oxygen atoms in total. The number of aromatic nitrogens is 2. The van der Waals surface area contributed by atoms with Crippen molar-refractivity contribution in [3.63, 3.8) is 0 Å². The molecular weight excluding hydrogens is 354 g/mol. The van der Waals surface area contributed by atoms with E-state index in [0.29, 0.717) is 0 Å². The fourth-order valence-electron chi connectivity index (χ4n) is 3.88. The molecule has 0 bridgehead atoms. The second kappa shape index (κ2) is 8.32. The molecule has 2 aliphatic heterocycles. The van der Waals surface area contributed by atoms with Gasteiger partial charge in [0.1, 0.15) is 11.5 Å². The van der Waals surface area contributed by atoms with Crippen LogP contribution in [0.2, 0.25) is 0 Å². The monoisotopic (exact) mass is 383 g/mol. The summed E-state index contributed by atoms with van der Waals surface area (Å²) in [5.41, 5.74) is 3.60. The molecule has 7 heteroatoms. The lowest BCUT2D eigenvalue weighted by Crippen LogP contribution is -2.45. The average Bonchev–Trinajstić information content (AvgIpc) is 2.74. The van der Waals surface area contributed by atoms with Crippen LogP contribution in [0.4, 0.5) is 5.95 Å². The number of likely N-dealkylation sites (N-methyl/N-ethyl adjacent to an activating group) is 1. The van der Waals surface area contributed by atoms with Crippen molar-refractivity contribution >= 4 is 5.95 Å². The molecule has 0 saturated carbocycles. The van der Waals surface area contributed by atoms with Gasteiger partial charge in [0.2, 0.25) is 5.95 Å². The number of ether oxygens (including phenoxy) is 2. The van der Waals surface area contributed by atoms with E-state index in [0.717, 1.165) is 69.7 Å². The minimum absolute atomic E-state index is 0.814. The van der Waals surface area contributed by atoms with Gasteiger partial charge in [0.05, 0.1) is 19.9 Å². The standard InChI is InChI=1S/C21H29N5O2/c1-24-8-10-26(11-9-24)21-22-13-17-15-25(7-6-19(17)23-21)14-16-4-5-18(27-2)12-20(16)28-3/h4-5,12-13H,6-11,14-15H2,1-3H3. The van der Waals surface area contributed by atoms with Gasteiger partial charge < -0.3 is 19.3 Å². The first-order chi connectivity index (χ1) is 13.7. The molecular formula is C21H29N5O2. The molecule has 3 heterocycles. The van der Waals surface area contributed by atoms with Crippen LogP contribution in [-0.2, 0) is 19.5 Å². The Morgan fingerprint density at radius 2 is 1.86 bits per heavy atom. The van der Waals surface area contributed by atoms with Gasteiger partial charge in [-0.1, -0.05) is 6.07 Å². The Labute approximate surface area is 166 Å². The zero-order valence-electron chi connectivity index (χ0n) is 17.0. The highest BCUT2D eigenvalue weighted by molar-refractivity contribution is 5.41. The summed E-state index contributed by atoms with van der Waals surface area (Å²) in [6.07, 6.45) is 2.98. The van der Waals surface area contributed by atoms with Gasteiger partial charge in [-0.25, -0.2) is 9.97 Å². The number of piperazine rings is 1. The Kier molecular flexibility index (Phi) is 5.64. The van der Waals surface area contributed by atoms with Crippen LogP contribution in [0.5, 0.6) is 11.5 Å². The lowest BCUT2D eigenvalue weighted by atomic mass is 10.1. The van der Waals surface area contributed by atoms with Gasteiger partial charge in [-0.05, 0) is 13.1 Å². The van der Waals surface area contributed by atoms with Crippen molar-refractivity contribution in [3.8, 4) is 11.5 Å². The average molecular weight is 383 g/mol. The number of fused-ring (bicyclic) bond motifs is 1. The van der Waals surface area contributed by atoms with Gasteiger partial charge in [-0.2, -0.15) is 0 Å². The first-order valence-corrected chi connectivity index (χ1v) is 9.88. The Morgan fingerprint density at radius 1 is 1.04 bits per heavy atom. The number of nitrogens with zero attached hydrogens (tertiary/aromatic N) is 5. The van der Waals surface area contributed by atoms with Gasteiger partial charge in [-0.3, -0.25) is 4.90 Å². The predicted octanol–water partition coefficient (Wildman–Crippen LogP) is 1.80. The molecule has 2 aliphatic rings. The summed E-state index contributed by atoms with van der Waals surface area (Å²) in [6.45, 7) is 6.83. The van der Waals surface area contributed by atoms with E-state index in [4.69, 9.17) is 14.5 Å². The molecule has 0 aliphatic carbocycles. The van der Waals surface area contributed by atoms with E-state index in [2.05, 4.69) is 32.8 Å². The highest BCUT2D eigenvalue weighted by Gasteiger charge is 2.22. The molecule has 0 unspecified atom stereocenters. The second-order valence-electron chi connectivity index (χ2n) is 7.57. The van der Waals surface area contributed by atoms with Gasteiger partial charge in [-0.15, -0.1) is 0 Å². The zero-order chi connectivity index (χ0) is 19.5. The third-order valence-electron chi connectivity index (χ3n) is 5.67. The maximum Gasteiger partial charge on any atom is 0.225 e. The van der Waals surface area contributed by atoms with Crippen LogP contribution in [-0.4, -0.2) is 73.8 Å². The largest absolute Gasteiger partial charge is 0.497 e. The van der Waals surface area contributed by atoms with Crippen molar-refractivity contribution in [1.82, 2.24) is 19.8 Å². The minimum Gasteiger partial charge on any atom is -0.497 e. The summed E-state index contributed by atoms with van der Waals surface area (Å²) in [5, 5.41) is 0. The number of methoxy groups -OCH3 is 2. The summed E-state index contributed by atoms with van der Waals surface area (Å²) in [7, 11) is 5.54. The van der Waals surface area contributed by atoms with Crippen molar-refractivity contribution in [1.29, 1.82) is 0 Å². The normalized spacial score (nSPS) is 18.0. The summed E-state index contributed by atoms with van der Waals surface area (Å²) < 4.78 is 10.8. The molecule has 0 spiro atoms. The molecule has 0 N–H and O–H groups in total. The van der Waals surface area contributed by atoms with Crippen LogP contribution in [0.1, 0.15) is 16.8 Å². The fourth-order valence-corrected chi connectivity index (χ4v) is 3.88. The Bertz CT molecular complexity index is 820. The first-order valence-electron chi connectivity index (χ1n) is 9.88. The highest BCUT2D eigenvalue weighted by Crippen LogP contribution is 2.28. The van der Waals surface area contributed by atoms with E-state index in [-0.39, 0.29) is 0 Å². The zero-order valence-corrected chi connectivity index (χ0v) is 17.0. The Morgan fingerprint density at radius 3 is 2.61 bits per heavy atom. The van der Waals surface area contributed by atoms with Gasteiger partial charge >= 0.3 is 0 Å². The summed E-state index contributed by atoms with van der Waals surface area (Å²) in [4.78, 5) is 16.6. The molecule has 4 rings (SSSR count). The molecule has 1 saturated heterocycles. The molecule has 1 aromatic carbocycles. The predicted molar refractivity (Wildman–Crippen MR) is 109 cm³/mol. The van der Waals surface area contributed by atoms with E-state index < -0.39 is 0 Å². The number of benzene rings is 1. The van der Waals surface area contributed by atoms with E-state index in [1.807, 2.05) is 18.3 Å². The van der Waals surface area contributed by atoms with Gasteiger partial charge in [0.25, 0.3) is 0 Å². The maximum absolute atomic E-state index is 5.55. The molecule has 1 aromatic heterocycles.